The van der Waals surface area contributed by atoms with E-state index < -0.39 is 15.9 Å². The lowest BCUT2D eigenvalue weighted by molar-refractivity contribution is 0.0939. The highest BCUT2D eigenvalue weighted by atomic mass is 35.5. The highest BCUT2D eigenvalue weighted by molar-refractivity contribution is 7.89. The van der Waals surface area contributed by atoms with Gasteiger partial charge in [0.2, 0.25) is 10.0 Å². The molecule has 1 saturated heterocycles. The zero-order valence-electron chi connectivity index (χ0n) is 18.6. The van der Waals surface area contributed by atoms with E-state index in [1.165, 1.54) is 22.5 Å². The number of halogens is 1. The maximum atomic E-state index is 13.1. The molecule has 9 heteroatoms. The van der Waals surface area contributed by atoms with Crippen LogP contribution in [0.1, 0.15) is 54.6 Å². The minimum atomic E-state index is -3.69. The van der Waals surface area contributed by atoms with Gasteiger partial charge in [0.1, 0.15) is 0 Å². The summed E-state index contributed by atoms with van der Waals surface area (Å²) in [7, 11) is -0.596. The third-order valence-corrected chi connectivity index (χ3v) is 7.86. The molecule has 1 N–H and O–H groups in total. The number of sulfonamides is 1. The summed E-state index contributed by atoms with van der Waals surface area (Å²) in [6.45, 7) is 2.80. The smallest absolute Gasteiger partial charge is 0.253 e. The number of amides is 1. The minimum Gasteiger partial charge on any atom is -0.493 e. The quantitative estimate of drug-likeness (QED) is 0.634. The van der Waals surface area contributed by atoms with Crippen molar-refractivity contribution in [1.82, 2.24) is 9.62 Å². The molecule has 2 aromatic rings. The average molecular weight is 481 g/mol. The summed E-state index contributed by atoms with van der Waals surface area (Å²) < 4.78 is 38.3. The molecule has 2 aromatic carbocycles. The Balaban J connectivity index is 1.82. The van der Waals surface area contributed by atoms with Crippen LogP contribution in [0.5, 0.6) is 11.5 Å². The van der Waals surface area contributed by atoms with Crippen LogP contribution in [0.15, 0.2) is 41.3 Å². The molecule has 1 atom stereocenters. The molecule has 1 aliphatic rings. The van der Waals surface area contributed by atoms with Crippen molar-refractivity contribution in [1.29, 1.82) is 0 Å². The summed E-state index contributed by atoms with van der Waals surface area (Å²) in [4.78, 5) is 13.1. The summed E-state index contributed by atoms with van der Waals surface area (Å²) in [6, 6.07) is 9.28. The molecular formula is C23H29ClN2O5S. The fraction of sp³-hybridized carbons (Fsp3) is 0.435. The number of hydrogen-bond acceptors (Lipinski definition) is 5. The Morgan fingerprint density at radius 3 is 2.28 bits per heavy atom. The number of nitrogens with zero attached hydrogens (tertiary/aromatic N) is 1. The lowest BCUT2D eigenvalue weighted by atomic mass is 10.1. The zero-order chi connectivity index (χ0) is 23.3. The van der Waals surface area contributed by atoms with Crippen molar-refractivity contribution in [2.75, 3.05) is 27.3 Å². The molecule has 1 fully saturated rings. The van der Waals surface area contributed by atoms with Crippen LogP contribution in [0.4, 0.5) is 0 Å². The molecule has 0 radical (unpaired) electrons. The number of methoxy groups -OCH3 is 2. The minimum absolute atomic E-state index is 0.0766. The summed E-state index contributed by atoms with van der Waals surface area (Å²) in [5, 5.41) is 3.07. The van der Waals surface area contributed by atoms with Gasteiger partial charge >= 0.3 is 0 Å². The van der Waals surface area contributed by atoms with Crippen molar-refractivity contribution in [3.8, 4) is 11.5 Å². The Morgan fingerprint density at radius 1 is 1.00 bits per heavy atom. The summed E-state index contributed by atoms with van der Waals surface area (Å²) in [5.41, 5.74) is 0.926. The largest absolute Gasteiger partial charge is 0.493 e. The number of ether oxygens (including phenoxy) is 2. The van der Waals surface area contributed by atoms with E-state index in [4.69, 9.17) is 21.1 Å². The SMILES string of the molecule is COc1ccc(C(C)NC(=O)c2cc(S(=O)(=O)N3CCCCCC3)ccc2Cl)cc1OC. The molecule has 1 unspecified atom stereocenters. The van der Waals surface area contributed by atoms with Gasteiger partial charge in [0.05, 0.1) is 35.7 Å². The van der Waals surface area contributed by atoms with E-state index in [0.29, 0.717) is 24.6 Å². The van der Waals surface area contributed by atoms with E-state index in [1.807, 2.05) is 13.0 Å². The maximum Gasteiger partial charge on any atom is 0.253 e. The van der Waals surface area contributed by atoms with Crippen molar-refractivity contribution < 1.29 is 22.7 Å². The molecule has 0 spiro atoms. The van der Waals surface area contributed by atoms with Crippen LogP contribution in [0, 0.1) is 0 Å². The van der Waals surface area contributed by atoms with Gasteiger partial charge in [-0.3, -0.25) is 4.79 Å². The Labute approximate surface area is 194 Å². The number of rotatable bonds is 7. The lowest BCUT2D eigenvalue weighted by Gasteiger charge is -2.21. The van der Waals surface area contributed by atoms with Crippen LogP contribution in [-0.2, 0) is 10.0 Å². The third-order valence-electron chi connectivity index (χ3n) is 5.64. The molecular weight excluding hydrogens is 452 g/mol. The summed E-state index contributed by atoms with van der Waals surface area (Å²) in [6.07, 6.45) is 3.72. The third kappa shape index (κ3) is 5.36. The van der Waals surface area contributed by atoms with Crippen LogP contribution in [-0.4, -0.2) is 45.9 Å². The van der Waals surface area contributed by atoms with Gasteiger partial charge in [0.15, 0.2) is 11.5 Å². The summed E-state index contributed by atoms with van der Waals surface area (Å²) in [5.74, 6) is 0.684. The molecule has 1 aliphatic heterocycles. The number of carbonyl (C=O) groups is 1. The molecule has 3 rings (SSSR count). The second-order valence-corrected chi connectivity index (χ2v) is 10.1. The van der Waals surface area contributed by atoms with Gasteiger partial charge in [0, 0.05) is 13.1 Å². The van der Waals surface area contributed by atoms with E-state index >= 15 is 0 Å². The number of carbonyl (C=O) groups excluding carboxylic acids is 1. The lowest BCUT2D eigenvalue weighted by Crippen LogP contribution is -2.32. The fourth-order valence-electron chi connectivity index (χ4n) is 3.75. The predicted molar refractivity (Wildman–Crippen MR) is 124 cm³/mol. The van der Waals surface area contributed by atoms with E-state index in [2.05, 4.69) is 5.32 Å². The molecule has 0 aromatic heterocycles. The number of benzene rings is 2. The van der Waals surface area contributed by atoms with Crippen molar-refractivity contribution in [3.63, 3.8) is 0 Å². The topological polar surface area (TPSA) is 84.9 Å². The van der Waals surface area contributed by atoms with E-state index in [9.17, 15) is 13.2 Å². The standard InChI is InChI=1S/C23H29ClN2O5S/c1-16(17-8-11-21(30-2)22(14-17)31-3)25-23(27)19-15-18(9-10-20(19)24)32(28,29)26-12-6-4-5-7-13-26/h8-11,14-16H,4-7,12-13H2,1-3H3,(H,25,27). The highest BCUT2D eigenvalue weighted by Crippen LogP contribution is 2.30. The van der Waals surface area contributed by atoms with Crippen LogP contribution in [0.25, 0.3) is 0 Å². The predicted octanol–water partition coefficient (Wildman–Crippen LogP) is 4.41. The number of hydrogen-bond donors (Lipinski definition) is 1. The van der Waals surface area contributed by atoms with Crippen molar-refractivity contribution in [2.45, 2.75) is 43.5 Å². The monoisotopic (exact) mass is 480 g/mol. The van der Waals surface area contributed by atoms with Crippen LogP contribution in [0.3, 0.4) is 0 Å². The van der Waals surface area contributed by atoms with E-state index in [1.54, 1.807) is 26.4 Å². The average Bonchev–Trinajstić information content (AvgIpc) is 3.08. The van der Waals surface area contributed by atoms with Crippen LogP contribution < -0.4 is 14.8 Å². The Kier molecular flexibility index (Phi) is 8.03. The first-order chi connectivity index (χ1) is 15.3. The molecule has 1 heterocycles. The molecule has 1 amide bonds. The van der Waals surface area contributed by atoms with Gasteiger partial charge in [0.25, 0.3) is 5.91 Å². The number of nitrogens with one attached hydrogen (secondary N) is 1. The van der Waals surface area contributed by atoms with Gasteiger partial charge in [-0.1, -0.05) is 30.5 Å². The van der Waals surface area contributed by atoms with Gasteiger partial charge in [-0.05, 0) is 55.7 Å². The van der Waals surface area contributed by atoms with Crippen LogP contribution in [0.2, 0.25) is 5.02 Å². The fourth-order valence-corrected chi connectivity index (χ4v) is 5.50. The molecule has 0 saturated carbocycles. The molecule has 7 nitrogen and oxygen atoms in total. The van der Waals surface area contributed by atoms with Gasteiger partial charge < -0.3 is 14.8 Å². The van der Waals surface area contributed by atoms with Crippen molar-refractivity contribution >= 4 is 27.5 Å². The first-order valence-corrected chi connectivity index (χ1v) is 12.4. The normalized spacial score (nSPS) is 16.1. The molecule has 32 heavy (non-hydrogen) atoms. The second kappa shape index (κ2) is 10.6. The molecule has 0 aliphatic carbocycles. The molecule has 174 valence electrons. The second-order valence-electron chi connectivity index (χ2n) is 7.77. The van der Waals surface area contributed by atoms with Crippen molar-refractivity contribution in [3.05, 3.63) is 52.5 Å². The van der Waals surface area contributed by atoms with Gasteiger partial charge in [-0.25, -0.2) is 8.42 Å². The van der Waals surface area contributed by atoms with E-state index in [-0.39, 0.29) is 21.5 Å². The first-order valence-electron chi connectivity index (χ1n) is 10.6. The molecule has 0 bridgehead atoms. The summed E-state index contributed by atoms with van der Waals surface area (Å²) >= 11 is 6.26. The Hall–Kier alpha value is -2.29. The van der Waals surface area contributed by atoms with Crippen LogP contribution >= 0.6 is 11.6 Å². The van der Waals surface area contributed by atoms with Crippen molar-refractivity contribution in [2.24, 2.45) is 0 Å². The van der Waals surface area contributed by atoms with E-state index in [0.717, 1.165) is 31.2 Å². The first kappa shape index (κ1) is 24.4. The Bertz CT molecular complexity index is 1070. The maximum absolute atomic E-state index is 13.1. The highest BCUT2D eigenvalue weighted by Gasteiger charge is 2.27. The van der Waals surface area contributed by atoms with Gasteiger partial charge in [-0.2, -0.15) is 4.31 Å². The van der Waals surface area contributed by atoms with Gasteiger partial charge in [-0.15, -0.1) is 0 Å². The zero-order valence-corrected chi connectivity index (χ0v) is 20.1. The Morgan fingerprint density at radius 2 is 1.66 bits per heavy atom.